The molecule has 1 unspecified atom stereocenters. The van der Waals surface area contributed by atoms with Gasteiger partial charge in [-0.15, -0.1) is 0 Å². The number of Topliss-reactive ketones (excluding diaryl/α,β-unsaturated/α-hetero) is 1. The fourth-order valence-electron chi connectivity index (χ4n) is 2.77. The van der Waals surface area contributed by atoms with Crippen LogP contribution in [0.2, 0.25) is 0 Å². The Morgan fingerprint density at radius 3 is 1.95 bits per heavy atom. The summed E-state index contributed by atoms with van der Waals surface area (Å²) in [4.78, 5) is 15.4. The first-order valence-corrected chi connectivity index (χ1v) is 15.3. The second-order valence-electron chi connectivity index (χ2n) is 10.8. The highest BCUT2D eigenvalue weighted by Crippen LogP contribution is 2.16. The van der Waals surface area contributed by atoms with Gasteiger partial charge in [0.1, 0.15) is 6.07 Å². The molecule has 40 heavy (non-hydrogen) atoms. The Balaban J connectivity index is -0.000000259. The molecule has 0 amide bonds. The van der Waals surface area contributed by atoms with E-state index in [2.05, 4.69) is 64.5 Å². The molecule has 1 atom stereocenters. The van der Waals surface area contributed by atoms with Crippen molar-refractivity contribution in [1.29, 1.82) is 5.26 Å². The van der Waals surface area contributed by atoms with E-state index < -0.39 is 0 Å². The molecule has 0 radical (unpaired) electrons. The van der Waals surface area contributed by atoms with Gasteiger partial charge >= 0.3 is 0 Å². The zero-order valence-corrected chi connectivity index (χ0v) is 29.1. The van der Waals surface area contributed by atoms with Gasteiger partial charge in [0.15, 0.2) is 5.78 Å². The Bertz CT molecular complexity index is 896. The lowest BCUT2D eigenvalue weighted by Crippen LogP contribution is -2.19. The predicted octanol–water partition coefficient (Wildman–Crippen LogP) is 11.2. The molecule has 0 bridgehead atoms. The van der Waals surface area contributed by atoms with Crippen molar-refractivity contribution in [1.82, 2.24) is 5.32 Å². The topological polar surface area (TPSA) is 65.2 Å². The van der Waals surface area contributed by atoms with Crippen LogP contribution < -0.4 is 5.32 Å². The van der Waals surface area contributed by atoms with E-state index in [-0.39, 0.29) is 5.78 Å². The molecule has 1 aromatic rings. The molecule has 0 spiro atoms. The van der Waals surface area contributed by atoms with Crippen molar-refractivity contribution in [2.45, 2.75) is 136 Å². The average molecular weight is 556 g/mol. The van der Waals surface area contributed by atoms with E-state index in [4.69, 9.17) is 5.26 Å². The second-order valence-corrected chi connectivity index (χ2v) is 10.8. The smallest absolute Gasteiger partial charge is 0.159 e. The number of rotatable bonds is 9. The number of carbonyl (C=O) groups is 1. The maximum absolute atomic E-state index is 10.9. The third-order valence-corrected chi connectivity index (χ3v) is 6.09. The van der Waals surface area contributed by atoms with Crippen LogP contribution in [-0.4, -0.2) is 18.2 Å². The van der Waals surface area contributed by atoms with Gasteiger partial charge in [0, 0.05) is 17.8 Å². The Morgan fingerprint density at radius 2 is 1.57 bits per heavy atom. The van der Waals surface area contributed by atoms with Crippen LogP contribution in [0.15, 0.2) is 47.1 Å². The molecule has 230 valence electrons. The second kappa shape index (κ2) is 27.9. The van der Waals surface area contributed by atoms with E-state index in [1.165, 1.54) is 36.8 Å². The SMILES string of the molecule is C=C/C(C#N)=C(/C)NC(C)=NCCC(C)CCCC.CC.CC.CC(=O)c1ccc(C)c(C)c1.CCC(C)(C)C. The number of nitrogens with zero attached hydrogens (tertiary/aromatic N) is 2. The van der Waals surface area contributed by atoms with Crippen molar-refractivity contribution in [2.24, 2.45) is 16.3 Å². The number of allylic oxidation sites excluding steroid dienone is 3. The largest absolute Gasteiger partial charge is 0.347 e. The minimum absolute atomic E-state index is 0.133. The quantitative estimate of drug-likeness (QED) is 0.108. The number of unbranched alkanes of at least 4 members (excludes halogenated alkanes) is 1. The number of hydrogen-bond acceptors (Lipinski definition) is 3. The molecular formula is C36H65N3O. The molecule has 0 saturated carbocycles. The summed E-state index contributed by atoms with van der Waals surface area (Å²) < 4.78 is 0. The summed E-state index contributed by atoms with van der Waals surface area (Å²) in [5.74, 6) is 1.72. The van der Waals surface area contributed by atoms with Crippen LogP contribution in [0.5, 0.6) is 0 Å². The Hall–Kier alpha value is -2.67. The van der Waals surface area contributed by atoms with Crippen molar-refractivity contribution in [3.05, 3.63) is 58.8 Å². The summed E-state index contributed by atoms with van der Waals surface area (Å²) in [6.45, 7) is 35.3. The van der Waals surface area contributed by atoms with Crippen LogP contribution in [-0.2, 0) is 0 Å². The number of nitriles is 1. The molecule has 0 fully saturated rings. The van der Waals surface area contributed by atoms with E-state index in [1.54, 1.807) is 13.0 Å². The number of ketones is 1. The van der Waals surface area contributed by atoms with Gasteiger partial charge in [-0.2, -0.15) is 5.26 Å². The Morgan fingerprint density at radius 1 is 1.05 bits per heavy atom. The third-order valence-electron chi connectivity index (χ3n) is 6.09. The standard InChI is InChI=1S/C16H27N3.C10H12O.C6H14.2C2H6/c1-6-8-9-13(3)10-11-18-15(5)19-14(4)16(7-2)12-17;1-7-4-5-10(9(3)11)6-8(7)2;1-5-6(2,3)4;2*1-2/h7,13H,2,6,8-11H2,1,3-5H3,(H,18,19);4-6H,1-3H3;5H2,1-4H3;2*1-2H3/b16-14+;;;;. The molecule has 4 nitrogen and oxygen atoms in total. The number of aliphatic imine (C=N–C) groups is 1. The molecule has 1 aromatic carbocycles. The summed E-state index contributed by atoms with van der Waals surface area (Å²) in [5, 5.41) is 12.0. The van der Waals surface area contributed by atoms with Crippen LogP contribution >= 0.6 is 0 Å². The van der Waals surface area contributed by atoms with Crippen molar-refractivity contribution >= 4 is 11.6 Å². The van der Waals surface area contributed by atoms with E-state index in [1.807, 2.05) is 73.6 Å². The van der Waals surface area contributed by atoms with Gasteiger partial charge < -0.3 is 5.32 Å². The minimum Gasteiger partial charge on any atom is -0.347 e. The number of nitrogens with one attached hydrogen (secondary N) is 1. The van der Waals surface area contributed by atoms with Gasteiger partial charge in [-0.1, -0.05) is 114 Å². The normalized spacial score (nSPS) is 11.6. The van der Waals surface area contributed by atoms with Gasteiger partial charge in [0.05, 0.1) is 11.4 Å². The van der Waals surface area contributed by atoms with E-state index >= 15 is 0 Å². The number of benzene rings is 1. The summed E-state index contributed by atoms with van der Waals surface area (Å²) >= 11 is 0. The van der Waals surface area contributed by atoms with Crippen molar-refractivity contribution in [2.75, 3.05) is 6.54 Å². The molecule has 0 aliphatic heterocycles. The summed E-state index contributed by atoms with van der Waals surface area (Å²) in [6, 6.07) is 7.87. The molecule has 0 heterocycles. The number of amidine groups is 1. The molecule has 1 rings (SSSR count). The van der Waals surface area contributed by atoms with Crippen LogP contribution in [0, 0.1) is 36.5 Å². The summed E-state index contributed by atoms with van der Waals surface area (Å²) in [5.41, 5.74) is 5.12. The van der Waals surface area contributed by atoms with E-state index in [0.29, 0.717) is 11.0 Å². The maximum atomic E-state index is 10.9. The first-order valence-electron chi connectivity index (χ1n) is 15.3. The first-order chi connectivity index (χ1) is 18.7. The highest BCUT2D eigenvalue weighted by atomic mass is 16.1. The molecule has 0 aliphatic carbocycles. The lowest BCUT2D eigenvalue weighted by atomic mass is 9.94. The maximum Gasteiger partial charge on any atom is 0.159 e. The van der Waals surface area contributed by atoms with Crippen molar-refractivity contribution in [3.8, 4) is 6.07 Å². The monoisotopic (exact) mass is 556 g/mol. The molecule has 0 aliphatic rings. The molecule has 4 heteroatoms. The summed E-state index contributed by atoms with van der Waals surface area (Å²) in [7, 11) is 0. The summed E-state index contributed by atoms with van der Waals surface area (Å²) in [6.07, 6.45) is 7.79. The van der Waals surface area contributed by atoms with E-state index in [9.17, 15) is 4.79 Å². The lowest BCUT2D eigenvalue weighted by molar-refractivity contribution is 0.101. The fraction of sp³-hybridized carbons (Fsp3) is 0.639. The molecule has 0 saturated heterocycles. The van der Waals surface area contributed by atoms with Crippen LogP contribution in [0.1, 0.15) is 144 Å². The number of hydrogen-bond donors (Lipinski definition) is 1. The number of carbonyl (C=O) groups excluding carboxylic acids is 1. The van der Waals surface area contributed by atoms with Crippen molar-refractivity contribution in [3.63, 3.8) is 0 Å². The van der Waals surface area contributed by atoms with Gasteiger partial charge in [-0.3, -0.25) is 9.79 Å². The Labute approximate surface area is 250 Å². The highest BCUT2D eigenvalue weighted by Gasteiger charge is 2.04. The van der Waals surface area contributed by atoms with Crippen LogP contribution in [0.4, 0.5) is 0 Å². The molecule has 0 aromatic heterocycles. The van der Waals surface area contributed by atoms with Crippen LogP contribution in [0.25, 0.3) is 0 Å². The molecule has 1 N–H and O–H groups in total. The van der Waals surface area contributed by atoms with Gasteiger partial charge in [0.25, 0.3) is 0 Å². The van der Waals surface area contributed by atoms with Gasteiger partial charge in [-0.05, 0) is 75.6 Å². The zero-order valence-electron chi connectivity index (χ0n) is 29.1. The van der Waals surface area contributed by atoms with Gasteiger partial charge in [-0.25, -0.2) is 0 Å². The Kier molecular flexibility index (Phi) is 30.9. The average Bonchev–Trinajstić information content (AvgIpc) is 2.92. The van der Waals surface area contributed by atoms with Crippen LogP contribution in [0.3, 0.4) is 0 Å². The third kappa shape index (κ3) is 26.9. The lowest BCUT2D eigenvalue weighted by Gasteiger charge is -2.12. The molecular weight excluding hydrogens is 490 g/mol. The first kappa shape index (κ1) is 44.4. The fourth-order valence-corrected chi connectivity index (χ4v) is 2.77. The zero-order chi connectivity index (χ0) is 32.3. The minimum atomic E-state index is 0.133. The van der Waals surface area contributed by atoms with Gasteiger partial charge in [0.2, 0.25) is 0 Å². The predicted molar refractivity (Wildman–Crippen MR) is 181 cm³/mol. The number of aryl methyl sites for hydroxylation is 2. The highest BCUT2D eigenvalue weighted by molar-refractivity contribution is 5.94. The van der Waals surface area contributed by atoms with E-state index in [0.717, 1.165) is 36.0 Å². The van der Waals surface area contributed by atoms with Crippen molar-refractivity contribution < 1.29 is 4.79 Å².